The van der Waals surface area contributed by atoms with Crippen LogP contribution in [-0.2, 0) is 6.54 Å². The molecule has 1 unspecified atom stereocenters. The van der Waals surface area contributed by atoms with Gasteiger partial charge < -0.3 is 5.32 Å². The molecule has 0 fully saturated rings. The third-order valence-corrected chi connectivity index (χ3v) is 3.62. The van der Waals surface area contributed by atoms with Crippen LogP contribution in [0.4, 0.5) is 0 Å². The fraction of sp³-hybridized carbons (Fsp3) is 0.167. The molecule has 1 heterocycles. The van der Waals surface area contributed by atoms with Crippen molar-refractivity contribution in [2.45, 2.75) is 19.5 Å². The highest BCUT2D eigenvalue weighted by Gasteiger charge is 2.04. The first kappa shape index (κ1) is 12.8. The average molecular weight is 262 g/mol. The van der Waals surface area contributed by atoms with Crippen molar-refractivity contribution in [3.63, 3.8) is 0 Å². The van der Waals surface area contributed by atoms with Crippen LogP contribution < -0.4 is 5.32 Å². The Hall–Kier alpha value is -2.19. The second-order valence-corrected chi connectivity index (χ2v) is 5.07. The Morgan fingerprint density at radius 2 is 1.85 bits per heavy atom. The Kier molecular flexibility index (Phi) is 3.75. The highest BCUT2D eigenvalue weighted by molar-refractivity contribution is 5.81. The number of hydrogen-bond acceptors (Lipinski definition) is 2. The maximum Gasteiger partial charge on any atom is 0.0346 e. The number of aromatic nitrogens is 1. The fourth-order valence-corrected chi connectivity index (χ4v) is 2.37. The summed E-state index contributed by atoms with van der Waals surface area (Å²) in [7, 11) is 0. The van der Waals surface area contributed by atoms with Crippen molar-refractivity contribution < 1.29 is 0 Å². The zero-order valence-electron chi connectivity index (χ0n) is 11.6. The minimum atomic E-state index is 0.351. The van der Waals surface area contributed by atoms with E-state index in [0.29, 0.717) is 6.04 Å². The van der Waals surface area contributed by atoms with Crippen LogP contribution in [0.15, 0.2) is 67.0 Å². The molecule has 100 valence electrons. The molecule has 2 aromatic carbocycles. The summed E-state index contributed by atoms with van der Waals surface area (Å²) < 4.78 is 0. The Bertz CT molecular complexity index is 692. The van der Waals surface area contributed by atoms with E-state index in [2.05, 4.69) is 65.8 Å². The van der Waals surface area contributed by atoms with E-state index in [0.717, 1.165) is 6.54 Å². The Labute approximate surface area is 119 Å². The van der Waals surface area contributed by atoms with Crippen molar-refractivity contribution in [2.75, 3.05) is 0 Å². The van der Waals surface area contributed by atoms with E-state index in [9.17, 15) is 0 Å². The number of nitrogens with one attached hydrogen (secondary N) is 1. The molecule has 1 N–H and O–H groups in total. The van der Waals surface area contributed by atoms with E-state index >= 15 is 0 Å². The van der Waals surface area contributed by atoms with Gasteiger partial charge in [0.05, 0.1) is 0 Å². The lowest BCUT2D eigenvalue weighted by molar-refractivity contribution is 0.575. The highest BCUT2D eigenvalue weighted by Crippen LogP contribution is 2.16. The van der Waals surface area contributed by atoms with E-state index in [1.807, 2.05) is 18.5 Å². The van der Waals surface area contributed by atoms with Crippen molar-refractivity contribution in [2.24, 2.45) is 0 Å². The van der Waals surface area contributed by atoms with E-state index in [-0.39, 0.29) is 0 Å². The van der Waals surface area contributed by atoms with E-state index < -0.39 is 0 Å². The zero-order valence-corrected chi connectivity index (χ0v) is 11.6. The van der Waals surface area contributed by atoms with Crippen molar-refractivity contribution in [3.05, 3.63) is 78.1 Å². The number of pyridine rings is 1. The van der Waals surface area contributed by atoms with Crippen LogP contribution in [0, 0.1) is 0 Å². The quantitative estimate of drug-likeness (QED) is 0.766. The predicted octanol–water partition coefficient (Wildman–Crippen LogP) is 4.09. The molecule has 3 aromatic rings. The Balaban J connectivity index is 1.70. The van der Waals surface area contributed by atoms with E-state index in [1.165, 1.54) is 21.9 Å². The first-order valence-corrected chi connectivity index (χ1v) is 6.94. The molecular formula is C18H18N2. The lowest BCUT2D eigenvalue weighted by Crippen LogP contribution is -2.17. The molecule has 0 saturated carbocycles. The van der Waals surface area contributed by atoms with Gasteiger partial charge in [-0.1, -0.05) is 42.5 Å². The van der Waals surface area contributed by atoms with Gasteiger partial charge in [-0.05, 0) is 35.6 Å². The molecule has 1 aromatic heterocycles. The van der Waals surface area contributed by atoms with Gasteiger partial charge in [-0.3, -0.25) is 4.98 Å². The molecule has 0 radical (unpaired) electrons. The first-order valence-electron chi connectivity index (χ1n) is 6.94. The van der Waals surface area contributed by atoms with Gasteiger partial charge >= 0.3 is 0 Å². The van der Waals surface area contributed by atoms with E-state index in [1.54, 1.807) is 0 Å². The maximum atomic E-state index is 4.14. The van der Waals surface area contributed by atoms with Crippen LogP contribution in [0.5, 0.6) is 0 Å². The molecule has 0 bridgehead atoms. The molecule has 2 nitrogen and oxygen atoms in total. The first-order chi connectivity index (χ1) is 9.83. The molecule has 2 heteroatoms. The van der Waals surface area contributed by atoms with Crippen LogP contribution in [-0.4, -0.2) is 4.98 Å². The second-order valence-electron chi connectivity index (χ2n) is 5.07. The monoisotopic (exact) mass is 262 g/mol. The van der Waals surface area contributed by atoms with Gasteiger partial charge in [-0.2, -0.15) is 0 Å². The Morgan fingerprint density at radius 3 is 2.70 bits per heavy atom. The van der Waals surface area contributed by atoms with Crippen molar-refractivity contribution in [3.8, 4) is 0 Å². The predicted molar refractivity (Wildman–Crippen MR) is 83.4 cm³/mol. The smallest absolute Gasteiger partial charge is 0.0346 e. The number of benzene rings is 2. The van der Waals surface area contributed by atoms with Crippen molar-refractivity contribution in [1.82, 2.24) is 10.3 Å². The van der Waals surface area contributed by atoms with Gasteiger partial charge in [-0.25, -0.2) is 0 Å². The summed E-state index contributed by atoms with van der Waals surface area (Å²) in [6.07, 6.45) is 3.74. The standard InChI is InChI=1S/C18H18N2/c1-14(16-5-3-2-4-6-16)20-12-15-7-8-18-13-19-10-9-17(18)11-15/h2-11,13-14,20H,12H2,1H3. The van der Waals surface area contributed by atoms with Gasteiger partial charge in [0.15, 0.2) is 0 Å². The van der Waals surface area contributed by atoms with Crippen LogP contribution in [0.3, 0.4) is 0 Å². The van der Waals surface area contributed by atoms with Gasteiger partial charge in [-0.15, -0.1) is 0 Å². The number of fused-ring (bicyclic) bond motifs is 1. The van der Waals surface area contributed by atoms with Crippen molar-refractivity contribution in [1.29, 1.82) is 0 Å². The van der Waals surface area contributed by atoms with Crippen LogP contribution in [0.2, 0.25) is 0 Å². The topological polar surface area (TPSA) is 24.9 Å². The zero-order chi connectivity index (χ0) is 13.8. The summed E-state index contributed by atoms with van der Waals surface area (Å²) in [5, 5.41) is 5.99. The van der Waals surface area contributed by atoms with Gasteiger partial charge in [0.25, 0.3) is 0 Å². The molecule has 20 heavy (non-hydrogen) atoms. The molecule has 0 aliphatic heterocycles. The summed E-state index contributed by atoms with van der Waals surface area (Å²) in [6.45, 7) is 3.06. The molecule has 1 atom stereocenters. The SMILES string of the molecule is CC(NCc1ccc2cnccc2c1)c1ccccc1. The fourth-order valence-electron chi connectivity index (χ4n) is 2.37. The molecule has 3 rings (SSSR count). The minimum absolute atomic E-state index is 0.351. The number of rotatable bonds is 4. The molecule has 0 aliphatic rings. The van der Waals surface area contributed by atoms with Crippen molar-refractivity contribution >= 4 is 10.8 Å². The molecule has 0 amide bonds. The second kappa shape index (κ2) is 5.85. The normalized spacial score (nSPS) is 12.4. The molecule has 0 spiro atoms. The maximum absolute atomic E-state index is 4.14. The van der Waals surface area contributed by atoms with Gasteiger partial charge in [0.2, 0.25) is 0 Å². The summed E-state index contributed by atoms with van der Waals surface area (Å²) >= 11 is 0. The van der Waals surface area contributed by atoms with Crippen LogP contribution in [0.1, 0.15) is 24.1 Å². The van der Waals surface area contributed by atoms with E-state index in [4.69, 9.17) is 0 Å². The van der Waals surface area contributed by atoms with Gasteiger partial charge in [0, 0.05) is 30.4 Å². The highest BCUT2D eigenvalue weighted by atomic mass is 14.9. The summed E-state index contributed by atoms with van der Waals surface area (Å²) in [6, 6.07) is 19.4. The Morgan fingerprint density at radius 1 is 1.00 bits per heavy atom. The lowest BCUT2D eigenvalue weighted by atomic mass is 10.1. The summed E-state index contributed by atoms with van der Waals surface area (Å²) in [4.78, 5) is 4.14. The largest absolute Gasteiger partial charge is 0.306 e. The number of hydrogen-bond donors (Lipinski definition) is 1. The summed E-state index contributed by atoms with van der Waals surface area (Å²) in [5.41, 5.74) is 2.61. The van der Waals surface area contributed by atoms with Crippen LogP contribution in [0.25, 0.3) is 10.8 Å². The third kappa shape index (κ3) is 2.86. The number of nitrogens with zero attached hydrogens (tertiary/aromatic N) is 1. The average Bonchev–Trinajstić information content (AvgIpc) is 2.53. The van der Waals surface area contributed by atoms with Crippen LogP contribution >= 0.6 is 0 Å². The summed E-state index contributed by atoms with van der Waals surface area (Å²) in [5.74, 6) is 0. The molecule has 0 saturated heterocycles. The molecule has 0 aliphatic carbocycles. The third-order valence-electron chi connectivity index (χ3n) is 3.62. The minimum Gasteiger partial charge on any atom is -0.306 e. The van der Waals surface area contributed by atoms with Gasteiger partial charge in [0.1, 0.15) is 0 Å². The lowest BCUT2D eigenvalue weighted by Gasteiger charge is -2.14. The molecular weight excluding hydrogens is 244 g/mol.